The van der Waals surface area contributed by atoms with E-state index in [1.165, 1.54) is 12.5 Å². The lowest BCUT2D eigenvalue weighted by Crippen LogP contribution is -2.27. The highest BCUT2D eigenvalue weighted by Crippen LogP contribution is 2.37. The van der Waals surface area contributed by atoms with Crippen molar-refractivity contribution in [2.75, 3.05) is 0 Å². The van der Waals surface area contributed by atoms with Gasteiger partial charge < -0.3 is 9.47 Å². The molecule has 1 fully saturated rings. The Kier molecular flexibility index (Phi) is 5.49. The van der Waals surface area contributed by atoms with Crippen molar-refractivity contribution < 1.29 is 19.1 Å². The van der Waals surface area contributed by atoms with Gasteiger partial charge >= 0.3 is 11.9 Å². The number of hydrogen-bond donors (Lipinski definition) is 0. The van der Waals surface area contributed by atoms with E-state index in [2.05, 4.69) is 12.1 Å². The van der Waals surface area contributed by atoms with Crippen LogP contribution in [0.5, 0.6) is 0 Å². The van der Waals surface area contributed by atoms with Crippen molar-refractivity contribution in [2.45, 2.75) is 44.3 Å². The first-order chi connectivity index (χ1) is 12.1. The summed E-state index contributed by atoms with van der Waals surface area (Å²) >= 11 is 0. The molecule has 0 aliphatic heterocycles. The Balaban J connectivity index is 1.75. The Morgan fingerprint density at radius 1 is 0.960 bits per heavy atom. The van der Waals surface area contributed by atoms with Gasteiger partial charge in [0.05, 0.1) is 0 Å². The lowest BCUT2D eigenvalue weighted by atomic mass is 9.96. The van der Waals surface area contributed by atoms with Crippen molar-refractivity contribution >= 4 is 11.9 Å². The third-order valence-corrected chi connectivity index (χ3v) is 4.55. The van der Waals surface area contributed by atoms with Gasteiger partial charge in [-0.25, -0.2) is 4.79 Å². The molecular weight excluding hydrogens is 316 g/mol. The highest BCUT2D eigenvalue weighted by molar-refractivity contribution is 5.80. The maximum absolute atomic E-state index is 12.7. The van der Waals surface area contributed by atoms with Crippen LogP contribution in [0.25, 0.3) is 0 Å². The summed E-state index contributed by atoms with van der Waals surface area (Å²) in [4.78, 5) is 24.1. The van der Waals surface area contributed by atoms with Crippen LogP contribution in [0.3, 0.4) is 0 Å². The molecule has 4 nitrogen and oxygen atoms in total. The zero-order valence-electron chi connectivity index (χ0n) is 14.3. The van der Waals surface area contributed by atoms with E-state index in [9.17, 15) is 9.59 Å². The number of hydrogen-bond acceptors (Lipinski definition) is 4. The van der Waals surface area contributed by atoms with Gasteiger partial charge in [0.25, 0.3) is 0 Å². The molecule has 2 aromatic rings. The molecule has 0 spiro atoms. The standard InChI is InChI=1S/C21H22O4/c1-15(22)24-20(17-11-6-3-7-12-17)21(23)25-19-14-8-13-18(19)16-9-4-2-5-10-16/h2-7,9-12,18-20H,8,13-14H2,1H3/t18-,19-,20-/m1/s1. The van der Waals surface area contributed by atoms with Crippen molar-refractivity contribution in [3.63, 3.8) is 0 Å². The molecule has 0 radical (unpaired) electrons. The number of ether oxygens (including phenoxy) is 2. The summed E-state index contributed by atoms with van der Waals surface area (Å²) in [6.45, 7) is 1.30. The molecule has 0 amide bonds. The van der Waals surface area contributed by atoms with Crippen LogP contribution in [-0.2, 0) is 19.1 Å². The van der Waals surface area contributed by atoms with Gasteiger partial charge in [-0.05, 0) is 24.8 Å². The van der Waals surface area contributed by atoms with E-state index in [4.69, 9.17) is 9.47 Å². The van der Waals surface area contributed by atoms with E-state index < -0.39 is 18.0 Å². The molecule has 2 aromatic carbocycles. The summed E-state index contributed by atoms with van der Waals surface area (Å²) in [7, 11) is 0. The number of rotatable bonds is 5. The van der Waals surface area contributed by atoms with Crippen LogP contribution in [0.15, 0.2) is 60.7 Å². The number of carbonyl (C=O) groups excluding carboxylic acids is 2. The van der Waals surface area contributed by atoms with Crippen LogP contribution in [0, 0.1) is 0 Å². The fourth-order valence-electron chi connectivity index (χ4n) is 3.41. The van der Waals surface area contributed by atoms with Crippen LogP contribution < -0.4 is 0 Å². The molecule has 1 aliphatic rings. The predicted molar refractivity (Wildman–Crippen MR) is 93.9 cm³/mol. The molecule has 1 aliphatic carbocycles. The summed E-state index contributed by atoms with van der Waals surface area (Å²) in [5, 5.41) is 0. The average molecular weight is 338 g/mol. The largest absolute Gasteiger partial charge is 0.459 e. The maximum Gasteiger partial charge on any atom is 0.352 e. The summed E-state index contributed by atoms with van der Waals surface area (Å²) in [6.07, 6.45) is 1.63. The average Bonchev–Trinajstić information content (AvgIpc) is 3.09. The quantitative estimate of drug-likeness (QED) is 0.768. The smallest absolute Gasteiger partial charge is 0.352 e. The van der Waals surface area contributed by atoms with Crippen LogP contribution in [0.4, 0.5) is 0 Å². The molecule has 1 saturated carbocycles. The molecule has 0 aromatic heterocycles. The number of esters is 2. The predicted octanol–water partition coefficient (Wildman–Crippen LogP) is 4.17. The molecule has 0 bridgehead atoms. The van der Waals surface area contributed by atoms with E-state index in [-0.39, 0.29) is 12.0 Å². The lowest BCUT2D eigenvalue weighted by molar-refractivity contribution is -0.171. The van der Waals surface area contributed by atoms with E-state index >= 15 is 0 Å². The first-order valence-corrected chi connectivity index (χ1v) is 8.63. The molecule has 3 rings (SSSR count). The fraction of sp³-hybridized carbons (Fsp3) is 0.333. The number of benzene rings is 2. The van der Waals surface area contributed by atoms with Gasteiger partial charge in [0.1, 0.15) is 6.10 Å². The summed E-state index contributed by atoms with van der Waals surface area (Å²) < 4.78 is 11.0. The molecule has 4 heteroatoms. The Labute approximate surface area is 147 Å². The van der Waals surface area contributed by atoms with Gasteiger partial charge in [0.15, 0.2) is 0 Å². The second-order valence-corrected chi connectivity index (χ2v) is 6.32. The van der Waals surface area contributed by atoms with Crippen LogP contribution in [0.2, 0.25) is 0 Å². The summed E-state index contributed by atoms with van der Waals surface area (Å²) in [6, 6.07) is 19.1. The van der Waals surface area contributed by atoms with Gasteiger partial charge in [0, 0.05) is 18.4 Å². The molecule has 25 heavy (non-hydrogen) atoms. The first-order valence-electron chi connectivity index (χ1n) is 8.63. The first kappa shape index (κ1) is 17.2. The van der Waals surface area contributed by atoms with Crippen LogP contribution >= 0.6 is 0 Å². The topological polar surface area (TPSA) is 52.6 Å². The van der Waals surface area contributed by atoms with Crippen LogP contribution in [-0.4, -0.2) is 18.0 Å². The minimum absolute atomic E-state index is 0.184. The van der Waals surface area contributed by atoms with Gasteiger partial charge in [-0.3, -0.25) is 4.79 Å². The van der Waals surface area contributed by atoms with Gasteiger partial charge in [-0.1, -0.05) is 60.7 Å². The molecule has 130 valence electrons. The minimum atomic E-state index is -1.02. The lowest BCUT2D eigenvalue weighted by Gasteiger charge is -2.23. The fourth-order valence-corrected chi connectivity index (χ4v) is 3.41. The minimum Gasteiger partial charge on any atom is -0.459 e. The highest BCUT2D eigenvalue weighted by atomic mass is 16.6. The Morgan fingerprint density at radius 3 is 2.24 bits per heavy atom. The molecular formula is C21H22O4. The zero-order chi connectivity index (χ0) is 17.6. The molecule has 3 atom stereocenters. The Hall–Kier alpha value is -2.62. The SMILES string of the molecule is CC(=O)O[C@@H](C(=O)O[C@@H]1CCC[C@@H]1c1ccccc1)c1ccccc1. The van der Waals surface area contributed by atoms with E-state index in [0.29, 0.717) is 5.56 Å². The Bertz CT molecular complexity index is 711. The van der Waals surface area contributed by atoms with Gasteiger partial charge in [-0.15, -0.1) is 0 Å². The monoisotopic (exact) mass is 338 g/mol. The third-order valence-electron chi connectivity index (χ3n) is 4.55. The van der Waals surface area contributed by atoms with E-state index in [0.717, 1.165) is 19.3 Å². The van der Waals surface area contributed by atoms with Crippen molar-refractivity contribution in [1.82, 2.24) is 0 Å². The van der Waals surface area contributed by atoms with Crippen molar-refractivity contribution in [1.29, 1.82) is 0 Å². The van der Waals surface area contributed by atoms with Crippen molar-refractivity contribution in [2.24, 2.45) is 0 Å². The van der Waals surface area contributed by atoms with Crippen molar-refractivity contribution in [3.05, 3.63) is 71.8 Å². The maximum atomic E-state index is 12.7. The van der Waals surface area contributed by atoms with Crippen LogP contribution in [0.1, 0.15) is 49.3 Å². The van der Waals surface area contributed by atoms with E-state index in [1.807, 2.05) is 24.3 Å². The highest BCUT2D eigenvalue weighted by Gasteiger charge is 2.35. The van der Waals surface area contributed by atoms with Gasteiger partial charge in [-0.2, -0.15) is 0 Å². The summed E-state index contributed by atoms with van der Waals surface area (Å²) in [5.41, 5.74) is 1.80. The Morgan fingerprint density at radius 2 is 1.60 bits per heavy atom. The van der Waals surface area contributed by atoms with Gasteiger partial charge in [0.2, 0.25) is 6.10 Å². The normalized spacial score (nSPS) is 20.7. The van der Waals surface area contributed by atoms with Crippen molar-refractivity contribution in [3.8, 4) is 0 Å². The second kappa shape index (κ2) is 7.97. The molecule has 0 unspecified atom stereocenters. The zero-order valence-corrected chi connectivity index (χ0v) is 14.3. The second-order valence-electron chi connectivity index (χ2n) is 6.32. The molecule has 0 heterocycles. The molecule has 0 saturated heterocycles. The number of carbonyl (C=O) groups is 2. The van der Waals surface area contributed by atoms with E-state index in [1.54, 1.807) is 24.3 Å². The molecule has 0 N–H and O–H groups in total. The summed E-state index contributed by atoms with van der Waals surface area (Å²) in [5.74, 6) is -0.815. The third kappa shape index (κ3) is 4.27.